The highest BCUT2D eigenvalue weighted by Gasteiger charge is 2.32. The van der Waals surface area contributed by atoms with E-state index in [-0.39, 0.29) is 12.4 Å². The normalized spacial score (nSPS) is 35.4. The number of nitrogens with zero attached hydrogens (tertiary/aromatic N) is 1. The molecule has 2 nitrogen and oxygen atoms in total. The standard InChI is InChI=1S/C11H22N2.ClH/c1-2-3-6-12-11-9-10-4-7-13(11)8-5-10;/h10-12H,2-9H2,1H3;1H. The van der Waals surface area contributed by atoms with Crippen LogP contribution in [-0.2, 0) is 0 Å². The minimum Gasteiger partial charge on any atom is -0.302 e. The first kappa shape index (κ1) is 12.3. The van der Waals surface area contributed by atoms with E-state index in [4.69, 9.17) is 0 Å². The topological polar surface area (TPSA) is 15.3 Å². The van der Waals surface area contributed by atoms with Gasteiger partial charge in [0.2, 0.25) is 0 Å². The number of hydrogen-bond donors (Lipinski definition) is 1. The molecule has 3 heteroatoms. The third-order valence-electron chi connectivity index (χ3n) is 3.56. The van der Waals surface area contributed by atoms with E-state index in [1.165, 1.54) is 51.7 Å². The van der Waals surface area contributed by atoms with Crippen molar-refractivity contribution in [3.8, 4) is 0 Å². The minimum absolute atomic E-state index is 0. The maximum absolute atomic E-state index is 3.68. The van der Waals surface area contributed by atoms with Gasteiger partial charge in [-0.15, -0.1) is 12.4 Å². The number of piperidine rings is 3. The van der Waals surface area contributed by atoms with E-state index in [1.807, 2.05) is 0 Å². The summed E-state index contributed by atoms with van der Waals surface area (Å²) in [6.07, 6.45) is 7.67. The van der Waals surface area contributed by atoms with Crippen molar-refractivity contribution in [1.29, 1.82) is 0 Å². The lowest BCUT2D eigenvalue weighted by molar-refractivity contribution is 0.0314. The molecule has 0 aromatic rings. The van der Waals surface area contributed by atoms with E-state index >= 15 is 0 Å². The van der Waals surface area contributed by atoms with Gasteiger partial charge in [-0.1, -0.05) is 13.3 Å². The van der Waals surface area contributed by atoms with E-state index < -0.39 is 0 Å². The molecule has 3 fully saturated rings. The van der Waals surface area contributed by atoms with Gasteiger partial charge in [-0.3, -0.25) is 4.90 Å². The number of nitrogens with one attached hydrogen (secondary N) is 1. The summed E-state index contributed by atoms with van der Waals surface area (Å²) < 4.78 is 0. The van der Waals surface area contributed by atoms with Gasteiger partial charge < -0.3 is 5.32 Å². The maximum Gasteiger partial charge on any atom is 0.0599 e. The van der Waals surface area contributed by atoms with Crippen molar-refractivity contribution in [3.63, 3.8) is 0 Å². The summed E-state index contributed by atoms with van der Waals surface area (Å²) >= 11 is 0. The first-order valence-corrected chi connectivity index (χ1v) is 5.87. The Kier molecular flexibility index (Phi) is 5.21. The monoisotopic (exact) mass is 218 g/mol. The third kappa shape index (κ3) is 2.85. The Hall–Kier alpha value is 0.210. The molecule has 14 heavy (non-hydrogen) atoms. The largest absolute Gasteiger partial charge is 0.302 e. The van der Waals surface area contributed by atoms with Gasteiger partial charge in [0.25, 0.3) is 0 Å². The second-order valence-corrected chi connectivity index (χ2v) is 4.54. The first-order chi connectivity index (χ1) is 6.40. The summed E-state index contributed by atoms with van der Waals surface area (Å²) in [5.41, 5.74) is 0. The van der Waals surface area contributed by atoms with E-state index in [0.29, 0.717) is 0 Å². The second-order valence-electron chi connectivity index (χ2n) is 4.54. The van der Waals surface area contributed by atoms with Crippen molar-refractivity contribution < 1.29 is 0 Å². The molecule has 0 amide bonds. The van der Waals surface area contributed by atoms with Crippen molar-refractivity contribution in [2.45, 2.75) is 45.2 Å². The fraction of sp³-hybridized carbons (Fsp3) is 1.00. The number of halogens is 1. The molecule has 1 N–H and O–H groups in total. The molecule has 0 aromatic carbocycles. The molecule has 84 valence electrons. The molecule has 0 spiro atoms. The highest BCUT2D eigenvalue weighted by molar-refractivity contribution is 5.85. The highest BCUT2D eigenvalue weighted by Crippen LogP contribution is 2.30. The lowest BCUT2D eigenvalue weighted by Crippen LogP contribution is -2.55. The zero-order valence-electron chi connectivity index (χ0n) is 9.17. The predicted octanol–water partition coefficient (Wildman–Crippen LogP) is 2.24. The van der Waals surface area contributed by atoms with Crippen LogP contribution in [-0.4, -0.2) is 30.7 Å². The smallest absolute Gasteiger partial charge is 0.0599 e. The highest BCUT2D eigenvalue weighted by atomic mass is 35.5. The zero-order valence-corrected chi connectivity index (χ0v) is 9.98. The van der Waals surface area contributed by atoms with Gasteiger partial charge in [0.15, 0.2) is 0 Å². The molecule has 0 radical (unpaired) electrons. The molecule has 3 aliphatic rings. The fourth-order valence-electron chi connectivity index (χ4n) is 2.62. The molecule has 2 bridgehead atoms. The summed E-state index contributed by atoms with van der Waals surface area (Å²) in [5.74, 6) is 1.03. The molecule has 1 atom stereocenters. The molecule has 0 aliphatic carbocycles. The van der Waals surface area contributed by atoms with Crippen LogP contribution in [0.3, 0.4) is 0 Å². The van der Waals surface area contributed by atoms with E-state index in [9.17, 15) is 0 Å². The lowest BCUT2D eigenvalue weighted by atomic mass is 9.86. The molecule has 0 saturated carbocycles. The van der Waals surface area contributed by atoms with Crippen molar-refractivity contribution in [2.24, 2.45) is 5.92 Å². The molecule has 0 aromatic heterocycles. The average molecular weight is 219 g/mol. The predicted molar refractivity (Wildman–Crippen MR) is 62.9 cm³/mol. The number of unbranched alkanes of at least 4 members (excludes halogenated alkanes) is 1. The van der Waals surface area contributed by atoms with Crippen LogP contribution in [0.5, 0.6) is 0 Å². The SMILES string of the molecule is CCCCNC1CC2CCN1CC2.Cl. The van der Waals surface area contributed by atoms with E-state index in [2.05, 4.69) is 17.1 Å². The maximum atomic E-state index is 3.68. The van der Waals surface area contributed by atoms with Crippen LogP contribution in [0.4, 0.5) is 0 Å². The number of fused-ring (bicyclic) bond motifs is 3. The number of hydrogen-bond acceptors (Lipinski definition) is 2. The number of rotatable bonds is 4. The summed E-state index contributed by atoms with van der Waals surface area (Å²) in [6.45, 7) is 6.16. The molecular formula is C11H23ClN2. The summed E-state index contributed by atoms with van der Waals surface area (Å²) in [6, 6.07) is 0. The Morgan fingerprint density at radius 2 is 2.00 bits per heavy atom. The molecule has 3 heterocycles. The van der Waals surface area contributed by atoms with E-state index in [1.54, 1.807) is 0 Å². The average Bonchev–Trinajstić information content (AvgIpc) is 2.20. The third-order valence-corrected chi connectivity index (χ3v) is 3.56. The van der Waals surface area contributed by atoms with Gasteiger partial charge in [-0.2, -0.15) is 0 Å². The Morgan fingerprint density at radius 3 is 2.50 bits per heavy atom. The van der Waals surface area contributed by atoms with Crippen LogP contribution in [0.2, 0.25) is 0 Å². The second kappa shape index (κ2) is 5.94. The summed E-state index contributed by atoms with van der Waals surface area (Å²) in [5, 5.41) is 3.68. The first-order valence-electron chi connectivity index (χ1n) is 5.87. The van der Waals surface area contributed by atoms with Crippen LogP contribution >= 0.6 is 12.4 Å². The summed E-state index contributed by atoms with van der Waals surface area (Å²) in [7, 11) is 0. The molecule has 3 rings (SSSR count). The van der Waals surface area contributed by atoms with Crippen molar-refractivity contribution in [1.82, 2.24) is 10.2 Å². The van der Waals surface area contributed by atoms with Crippen LogP contribution in [0.25, 0.3) is 0 Å². The van der Waals surface area contributed by atoms with Crippen molar-refractivity contribution >= 4 is 12.4 Å². The van der Waals surface area contributed by atoms with Crippen molar-refractivity contribution in [2.75, 3.05) is 19.6 Å². The lowest BCUT2D eigenvalue weighted by Gasteiger charge is -2.45. The van der Waals surface area contributed by atoms with Gasteiger partial charge in [-0.25, -0.2) is 0 Å². The Morgan fingerprint density at radius 1 is 1.29 bits per heavy atom. The fourth-order valence-corrected chi connectivity index (χ4v) is 2.62. The Labute approximate surface area is 93.8 Å². The summed E-state index contributed by atoms with van der Waals surface area (Å²) in [4.78, 5) is 2.63. The van der Waals surface area contributed by atoms with Gasteiger partial charge in [0, 0.05) is 0 Å². The van der Waals surface area contributed by atoms with Gasteiger partial charge in [0.1, 0.15) is 0 Å². The molecular weight excluding hydrogens is 196 g/mol. The van der Waals surface area contributed by atoms with Crippen LogP contribution in [0.15, 0.2) is 0 Å². The van der Waals surface area contributed by atoms with Gasteiger partial charge in [-0.05, 0) is 51.2 Å². The molecule has 3 aliphatic heterocycles. The zero-order chi connectivity index (χ0) is 9.10. The van der Waals surface area contributed by atoms with Gasteiger partial charge >= 0.3 is 0 Å². The molecule has 1 unspecified atom stereocenters. The Bertz CT molecular complexity index is 155. The van der Waals surface area contributed by atoms with Crippen LogP contribution < -0.4 is 5.32 Å². The van der Waals surface area contributed by atoms with Crippen LogP contribution in [0.1, 0.15) is 39.0 Å². The van der Waals surface area contributed by atoms with Crippen LogP contribution in [0, 0.1) is 5.92 Å². The molecule has 3 saturated heterocycles. The van der Waals surface area contributed by atoms with E-state index in [0.717, 1.165) is 12.1 Å². The van der Waals surface area contributed by atoms with Gasteiger partial charge in [0.05, 0.1) is 6.17 Å². The minimum atomic E-state index is 0. The quantitative estimate of drug-likeness (QED) is 0.729. The Balaban J connectivity index is 0.000000980. The van der Waals surface area contributed by atoms with Crippen molar-refractivity contribution in [3.05, 3.63) is 0 Å².